The molecule has 0 unspecified atom stereocenters. The van der Waals surface area contributed by atoms with Gasteiger partial charge in [0.2, 0.25) is 0 Å². The molecule has 1 aliphatic heterocycles. The number of rotatable bonds is 10. The highest BCUT2D eigenvalue weighted by Crippen LogP contribution is 2.24. The number of amides is 1. The van der Waals surface area contributed by atoms with Crippen molar-refractivity contribution < 1.29 is 9.53 Å². The second-order valence-corrected chi connectivity index (χ2v) is 6.18. The Morgan fingerprint density at radius 1 is 1.17 bits per heavy atom. The molecule has 0 spiro atoms. The summed E-state index contributed by atoms with van der Waals surface area (Å²) in [5.74, 6) is 0. The van der Waals surface area contributed by atoms with E-state index in [0.717, 1.165) is 39.0 Å². The molecule has 1 saturated heterocycles. The molecule has 2 rings (SSSR count). The van der Waals surface area contributed by atoms with Crippen molar-refractivity contribution in [2.45, 2.75) is 45.6 Å². The molecule has 4 heteroatoms. The van der Waals surface area contributed by atoms with E-state index in [1.54, 1.807) is 0 Å². The van der Waals surface area contributed by atoms with Crippen molar-refractivity contribution in [1.29, 1.82) is 0 Å². The Balaban J connectivity index is 1.93. The molecule has 1 heterocycles. The highest BCUT2D eigenvalue weighted by atomic mass is 16.6. The molecule has 1 aromatic rings. The number of unbranched alkanes of at least 4 members (excludes halogenated alkanes) is 1. The van der Waals surface area contributed by atoms with Crippen LogP contribution in [0.2, 0.25) is 0 Å². The molecule has 23 heavy (non-hydrogen) atoms. The highest BCUT2D eigenvalue weighted by Gasteiger charge is 2.22. The molecule has 128 valence electrons. The molecule has 0 saturated carbocycles. The molecule has 4 nitrogen and oxygen atoms in total. The average Bonchev–Trinajstić information content (AvgIpc) is 2.99. The molecule has 1 fully saturated rings. The first-order chi connectivity index (χ1) is 11.3. The van der Waals surface area contributed by atoms with Crippen molar-refractivity contribution in [1.82, 2.24) is 9.80 Å². The minimum atomic E-state index is -0.153. The van der Waals surface area contributed by atoms with E-state index in [4.69, 9.17) is 4.74 Å². The zero-order valence-corrected chi connectivity index (χ0v) is 14.5. The largest absolute Gasteiger partial charge is 0.448 e. The average molecular weight is 318 g/mol. The Morgan fingerprint density at radius 3 is 2.52 bits per heavy atom. The van der Waals surface area contributed by atoms with Crippen LogP contribution in [0, 0.1) is 0 Å². The van der Waals surface area contributed by atoms with Gasteiger partial charge in [-0.3, -0.25) is 4.90 Å². The van der Waals surface area contributed by atoms with Gasteiger partial charge >= 0.3 is 6.09 Å². The van der Waals surface area contributed by atoms with Gasteiger partial charge < -0.3 is 9.64 Å². The second-order valence-electron chi connectivity index (χ2n) is 6.18. The van der Waals surface area contributed by atoms with E-state index in [9.17, 15) is 4.79 Å². The first-order valence-electron chi connectivity index (χ1n) is 8.97. The van der Waals surface area contributed by atoms with Crippen LogP contribution in [-0.4, -0.2) is 48.7 Å². The fraction of sp³-hybridized carbons (Fsp3) is 0.632. The van der Waals surface area contributed by atoms with Crippen molar-refractivity contribution in [3.05, 3.63) is 35.9 Å². The van der Waals surface area contributed by atoms with Gasteiger partial charge in [-0.05, 0) is 31.4 Å². The second kappa shape index (κ2) is 9.56. The van der Waals surface area contributed by atoms with Crippen LogP contribution in [0.25, 0.3) is 0 Å². The van der Waals surface area contributed by atoms with Gasteiger partial charge in [-0.1, -0.05) is 50.6 Å². The Bertz CT molecular complexity index is 464. The topological polar surface area (TPSA) is 32.8 Å². The molecular weight excluding hydrogens is 288 g/mol. The molecule has 0 aromatic heterocycles. The monoisotopic (exact) mass is 318 g/mol. The molecule has 0 bridgehead atoms. The maximum absolute atomic E-state index is 11.5. The summed E-state index contributed by atoms with van der Waals surface area (Å²) in [5.41, 5.74) is 1.40. The van der Waals surface area contributed by atoms with Crippen molar-refractivity contribution in [2.24, 2.45) is 0 Å². The van der Waals surface area contributed by atoms with E-state index in [1.807, 2.05) is 4.90 Å². The van der Waals surface area contributed by atoms with Gasteiger partial charge in [0, 0.05) is 19.1 Å². The van der Waals surface area contributed by atoms with Gasteiger partial charge in [-0.25, -0.2) is 4.79 Å². The van der Waals surface area contributed by atoms with Crippen LogP contribution in [0.5, 0.6) is 0 Å². The number of benzene rings is 1. The summed E-state index contributed by atoms with van der Waals surface area (Å²) in [6.45, 7) is 8.72. The normalized spacial score (nSPS) is 16.0. The molecule has 1 atom stereocenters. The minimum absolute atomic E-state index is 0.153. The summed E-state index contributed by atoms with van der Waals surface area (Å²) in [4.78, 5) is 15.9. The van der Waals surface area contributed by atoms with Crippen molar-refractivity contribution in [3.8, 4) is 0 Å². The summed E-state index contributed by atoms with van der Waals surface area (Å²) in [6.07, 6.45) is 4.39. The number of carbonyl (C=O) groups is 1. The lowest BCUT2D eigenvalue weighted by atomic mass is 10.0. The van der Waals surface area contributed by atoms with Crippen molar-refractivity contribution in [2.75, 3.05) is 32.8 Å². The van der Waals surface area contributed by atoms with Crippen LogP contribution >= 0.6 is 0 Å². The molecule has 0 aliphatic carbocycles. The van der Waals surface area contributed by atoms with E-state index in [1.165, 1.54) is 18.4 Å². The number of hydrogen-bond donors (Lipinski definition) is 0. The first-order valence-corrected chi connectivity index (χ1v) is 8.97. The third-order valence-corrected chi connectivity index (χ3v) is 4.53. The molecular formula is C19H30N2O2. The van der Waals surface area contributed by atoms with Crippen LogP contribution < -0.4 is 0 Å². The van der Waals surface area contributed by atoms with Crippen LogP contribution in [0.3, 0.4) is 0 Å². The zero-order valence-electron chi connectivity index (χ0n) is 14.5. The summed E-state index contributed by atoms with van der Waals surface area (Å²) < 4.78 is 5.00. The van der Waals surface area contributed by atoms with Crippen molar-refractivity contribution >= 4 is 6.09 Å². The fourth-order valence-corrected chi connectivity index (χ4v) is 3.26. The van der Waals surface area contributed by atoms with Crippen molar-refractivity contribution in [3.63, 3.8) is 0 Å². The van der Waals surface area contributed by atoms with E-state index < -0.39 is 0 Å². The molecule has 1 aliphatic rings. The predicted octanol–water partition coefficient (Wildman–Crippen LogP) is 4.08. The van der Waals surface area contributed by atoms with Gasteiger partial charge in [-0.2, -0.15) is 0 Å². The van der Waals surface area contributed by atoms with Crippen LogP contribution in [0.4, 0.5) is 4.79 Å². The summed E-state index contributed by atoms with van der Waals surface area (Å²) in [7, 11) is 0. The smallest absolute Gasteiger partial charge is 0.409 e. The fourth-order valence-electron chi connectivity index (χ4n) is 3.26. The first kappa shape index (κ1) is 17.8. The number of hydrogen-bond acceptors (Lipinski definition) is 3. The predicted molar refractivity (Wildman–Crippen MR) is 93.5 cm³/mol. The zero-order chi connectivity index (χ0) is 16.5. The minimum Gasteiger partial charge on any atom is -0.448 e. The van der Waals surface area contributed by atoms with Crippen LogP contribution in [0.1, 0.15) is 51.1 Å². The number of cyclic esters (lactones) is 1. The van der Waals surface area contributed by atoms with E-state index in [-0.39, 0.29) is 6.09 Å². The Morgan fingerprint density at radius 2 is 1.91 bits per heavy atom. The van der Waals surface area contributed by atoms with Gasteiger partial charge in [0.25, 0.3) is 0 Å². The molecule has 0 N–H and O–H groups in total. The number of carbonyl (C=O) groups excluding carboxylic acids is 1. The summed E-state index contributed by atoms with van der Waals surface area (Å²) in [6, 6.07) is 11.2. The maximum atomic E-state index is 11.5. The van der Waals surface area contributed by atoms with Gasteiger partial charge in [0.15, 0.2) is 0 Å². The third-order valence-electron chi connectivity index (χ3n) is 4.53. The Kier molecular flexibility index (Phi) is 7.40. The number of ether oxygens (including phenoxy) is 1. The van der Waals surface area contributed by atoms with E-state index in [0.29, 0.717) is 12.6 Å². The maximum Gasteiger partial charge on any atom is 0.409 e. The molecule has 1 amide bonds. The lowest BCUT2D eigenvalue weighted by molar-refractivity contribution is 0.152. The Hall–Kier alpha value is -1.55. The lowest BCUT2D eigenvalue weighted by Gasteiger charge is -2.32. The quantitative estimate of drug-likeness (QED) is 0.651. The third kappa shape index (κ3) is 5.24. The SMILES string of the molecule is CCCCN(CCCN1CCOC1=O)[C@H](CC)c1ccccc1. The van der Waals surface area contributed by atoms with E-state index in [2.05, 4.69) is 49.1 Å². The van der Waals surface area contributed by atoms with Crippen LogP contribution in [-0.2, 0) is 4.74 Å². The molecule has 1 aromatic carbocycles. The lowest BCUT2D eigenvalue weighted by Crippen LogP contribution is -2.33. The number of nitrogens with zero attached hydrogens (tertiary/aromatic N) is 2. The van der Waals surface area contributed by atoms with Gasteiger partial charge in [-0.15, -0.1) is 0 Å². The summed E-state index contributed by atoms with van der Waals surface area (Å²) in [5, 5.41) is 0. The van der Waals surface area contributed by atoms with Gasteiger partial charge in [0.1, 0.15) is 6.61 Å². The highest BCUT2D eigenvalue weighted by molar-refractivity contribution is 5.69. The summed E-state index contributed by atoms with van der Waals surface area (Å²) >= 11 is 0. The van der Waals surface area contributed by atoms with Crippen LogP contribution in [0.15, 0.2) is 30.3 Å². The van der Waals surface area contributed by atoms with E-state index >= 15 is 0 Å². The molecule has 0 radical (unpaired) electrons. The van der Waals surface area contributed by atoms with Gasteiger partial charge in [0.05, 0.1) is 6.54 Å². The standard InChI is InChI=1S/C19H30N2O2/c1-3-5-12-20(13-9-14-21-15-16-23-19(21)22)18(4-2)17-10-7-6-8-11-17/h6-8,10-11,18H,3-5,9,12-16H2,1-2H3/t18-/m1/s1. The Labute approximate surface area is 140 Å².